The molecule has 4 aliphatic carbocycles. The molecule has 2 N–H and O–H groups in total. The second-order valence-corrected chi connectivity index (χ2v) is 8.00. The van der Waals surface area contributed by atoms with Crippen molar-refractivity contribution >= 4 is 18.0 Å². The van der Waals surface area contributed by atoms with E-state index in [0.29, 0.717) is 0 Å². The van der Waals surface area contributed by atoms with E-state index in [4.69, 9.17) is 5.21 Å². The topological polar surface area (TPSA) is 69.6 Å². The molecule has 1 aromatic carbocycles. The number of nitrogens with one attached hydrogen (secondary N) is 1. The van der Waals surface area contributed by atoms with Crippen LogP contribution in [0.15, 0.2) is 24.3 Å². The molecule has 4 fully saturated rings. The van der Waals surface area contributed by atoms with Gasteiger partial charge < -0.3 is 4.90 Å². The molecule has 0 spiro atoms. The van der Waals surface area contributed by atoms with E-state index in [-0.39, 0.29) is 12.0 Å². The maximum Gasteiger partial charge on any atom is 0.247 e. The first kappa shape index (κ1) is 15.6. The van der Waals surface area contributed by atoms with Crippen LogP contribution < -0.4 is 10.4 Å². The molecule has 4 bridgehead atoms. The van der Waals surface area contributed by atoms with Crippen molar-refractivity contribution in [3.05, 3.63) is 29.8 Å². The normalized spacial score (nSPS) is 33.3. The SMILES string of the molecule is O=CN(c1ccc(CC(=O)NO)cc1)C12CC3CC(CC(C3)C1)C2. The number of hydrogen-bond donors (Lipinski definition) is 2. The first-order valence-corrected chi connectivity index (χ1v) is 8.88. The standard InChI is InChI=1S/C19H24N2O3/c22-12-21(17-3-1-13(2-4-17)8-18(23)20-24)19-9-14-5-15(10-19)7-16(6-14)11-19/h1-4,12,14-16,24H,5-11H2,(H,20,23). The fourth-order valence-corrected chi connectivity index (χ4v) is 5.81. The van der Waals surface area contributed by atoms with E-state index in [9.17, 15) is 9.59 Å². The predicted molar refractivity (Wildman–Crippen MR) is 89.5 cm³/mol. The van der Waals surface area contributed by atoms with Crippen LogP contribution in [0.4, 0.5) is 5.69 Å². The van der Waals surface area contributed by atoms with Crippen molar-refractivity contribution in [2.24, 2.45) is 17.8 Å². The molecule has 4 saturated carbocycles. The van der Waals surface area contributed by atoms with Gasteiger partial charge in [-0.15, -0.1) is 0 Å². The third-order valence-corrected chi connectivity index (χ3v) is 6.33. The molecule has 5 heteroatoms. The molecule has 5 rings (SSSR count). The summed E-state index contributed by atoms with van der Waals surface area (Å²) >= 11 is 0. The summed E-state index contributed by atoms with van der Waals surface area (Å²) < 4.78 is 0. The molecule has 0 aliphatic heterocycles. The van der Waals surface area contributed by atoms with Crippen LogP contribution in [-0.4, -0.2) is 23.1 Å². The van der Waals surface area contributed by atoms with Crippen molar-refractivity contribution in [3.63, 3.8) is 0 Å². The van der Waals surface area contributed by atoms with E-state index in [1.807, 2.05) is 29.2 Å². The van der Waals surface area contributed by atoms with E-state index >= 15 is 0 Å². The Hall–Kier alpha value is -1.88. The highest BCUT2D eigenvalue weighted by Crippen LogP contribution is 2.58. The Labute approximate surface area is 142 Å². The van der Waals surface area contributed by atoms with Crippen LogP contribution in [0.5, 0.6) is 0 Å². The minimum atomic E-state index is -0.434. The second kappa shape index (κ2) is 5.88. The number of carbonyl (C=O) groups excluding carboxylic acids is 2. The van der Waals surface area contributed by atoms with Gasteiger partial charge in [0.1, 0.15) is 0 Å². The lowest BCUT2D eigenvalue weighted by atomic mass is 9.52. The summed E-state index contributed by atoms with van der Waals surface area (Å²) in [6, 6.07) is 7.57. The summed E-state index contributed by atoms with van der Waals surface area (Å²) in [6.45, 7) is 0. The highest BCUT2D eigenvalue weighted by molar-refractivity contribution is 5.79. The summed E-state index contributed by atoms with van der Waals surface area (Å²) in [5.74, 6) is 1.92. The molecule has 1 aromatic rings. The molecule has 2 amide bonds. The largest absolute Gasteiger partial charge is 0.309 e. The molecule has 5 nitrogen and oxygen atoms in total. The second-order valence-electron chi connectivity index (χ2n) is 8.00. The van der Waals surface area contributed by atoms with Crippen molar-refractivity contribution in [1.29, 1.82) is 0 Å². The molecule has 0 unspecified atom stereocenters. The Morgan fingerprint density at radius 2 is 1.67 bits per heavy atom. The Morgan fingerprint density at radius 3 is 2.12 bits per heavy atom. The van der Waals surface area contributed by atoms with Crippen molar-refractivity contribution in [2.45, 2.75) is 50.5 Å². The minimum Gasteiger partial charge on any atom is -0.309 e. The van der Waals surface area contributed by atoms with Gasteiger partial charge in [-0.05, 0) is 74.0 Å². The van der Waals surface area contributed by atoms with Crippen molar-refractivity contribution in [1.82, 2.24) is 5.48 Å². The van der Waals surface area contributed by atoms with E-state index in [1.165, 1.54) is 19.3 Å². The van der Waals surface area contributed by atoms with Crippen LogP contribution >= 0.6 is 0 Å². The Bertz CT molecular complexity index is 605. The number of anilines is 1. The zero-order valence-electron chi connectivity index (χ0n) is 13.8. The molecule has 0 heterocycles. The van der Waals surface area contributed by atoms with E-state index in [1.54, 1.807) is 5.48 Å². The van der Waals surface area contributed by atoms with E-state index in [0.717, 1.165) is 54.7 Å². The number of hydroxylamine groups is 1. The minimum absolute atomic E-state index is 0.000486. The number of hydrogen-bond acceptors (Lipinski definition) is 3. The number of benzene rings is 1. The number of nitrogens with zero attached hydrogens (tertiary/aromatic N) is 1. The highest BCUT2D eigenvalue weighted by Gasteiger charge is 2.53. The van der Waals surface area contributed by atoms with Gasteiger partial charge in [-0.1, -0.05) is 12.1 Å². The molecule has 0 radical (unpaired) electrons. The van der Waals surface area contributed by atoms with Gasteiger partial charge in [0.25, 0.3) is 0 Å². The van der Waals surface area contributed by atoms with Crippen LogP contribution in [-0.2, 0) is 16.0 Å². The van der Waals surface area contributed by atoms with Gasteiger partial charge >= 0.3 is 0 Å². The molecular formula is C19H24N2O3. The van der Waals surface area contributed by atoms with E-state index in [2.05, 4.69) is 0 Å². The fraction of sp³-hybridized carbons (Fsp3) is 0.579. The first-order valence-electron chi connectivity index (χ1n) is 8.88. The predicted octanol–water partition coefficient (Wildman–Crippen LogP) is 2.67. The average molecular weight is 328 g/mol. The zero-order valence-corrected chi connectivity index (χ0v) is 13.8. The third-order valence-electron chi connectivity index (χ3n) is 6.33. The molecule has 0 atom stereocenters. The van der Waals surface area contributed by atoms with Gasteiger partial charge in [0, 0.05) is 11.2 Å². The fourth-order valence-electron chi connectivity index (χ4n) is 5.81. The number of rotatable bonds is 5. The highest BCUT2D eigenvalue weighted by atomic mass is 16.5. The van der Waals surface area contributed by atoms with Gasteiger partial charge in [0.15, 0.2) is 0 Å². The van der Waals surface area contributed by atoms with Crippen LogP contribution in [0.3, 0.4) is 0 Å². The van der Waals surface area contributed by atoms with Crippen LogP contribution in [0.25, 0.3) is 0 Å². The van der Waals surface area contributed by atoms with Gasteiger partial charge in [0.05, 0.1) is 6.42 Å². The average Bonchev–Trinajstić information content (AvgIpc) is 2.55. The Morgan fingerprint density at radius 1 is 1.12 bits per heavy atom. The summed E-state index contributed by atoms with van der Waals surface area (Å²) in [4.78, 5) is 25.2. The van der Waals surface area contributed by atoms with Crippen molar-refractivity contribution in [2.75, 3.05) is 4.90 Å². The lowest BCUT2D eigenvalue weighted by Gasteiger charge is -2.59. The van der Waals surface area contributed by atoms with Crippen LogP contribution in [0, 0.1) is 17.8 Å². The Kier molecular flexibility index (Phi) is 3.83. The maximum atomic E-state index is 12.0. The van der Waals surface area contributed by atoms with Gasteiger partial charge in [-0.25, -0.2) is 5.48 Å². The van der Waals surface area contributed by atoms with Crippen LogP contribution in [0.2, 0.25) is 0 Å². The molecule has 0 saturated heterocycles. The van der Waals surface area contributed by atoms with Crippen molar-refractivity contribution < 1.29 is 14.8 Å². The zero-order chi connectivity index (χ0) is 16.7. The lowest BCUT2D eigenvalue weighted by molar-refractivity contribution is -0.128. The van der Waals surface area contributed by atoms with Crippen molar-refractivity contribution in [3.8, 4) is 0 Å². The summed E-state index contributed by atoms with van der Waals surface area (Å²) in [5, 5.41) is 8.62. The van der Waals surface area contributed by atoms with Crippen LogP contribution in [0.1, 0.15) is 44.1 Å². The van der Waals surface area contributed by atoms with E-state index < -0.39 is 5.91 Å². The third kappa shape index (κ3) is 2.61. The number of carbonyl (C=O) groups is 2. The molecule has 0 aromatic heterocycles. The molecular weight excluding hydrogens is 304 g/mol. The smallest absolute Gasteiger partial charge is 0.247 e. The lowest BCUT2D eigenvalue weighted by Crippen LogP contribution is -2.60. The summed E-state index contributed by atoms with van der Waals surface area (Å²) in [6.07, 6.45) is 8.58. The van der Waals surface area contributed by atoms with Gasteiger partial charge in [-0.3, -0.25) is 14.8 Å². The molecule has 24 heavy (non-hydrogen) atoms. The Balaban J connectivity index is 1.57. The summed E-state index contributed by atoms with van der Waals surface area (Å²) in [7, 11) is 0. The summed E-state index contributed by atoms with van der Waals surface area (Å²) in [5.41, 5.74) is 3.38. The molecule has 128 valence electrons. The monoisotopic (exact) mass is 328 g/mol. The number of amides is 2. The quantitative estimate of drug-likeness (QED) is 0.496. The maximum absolute atomic E-state index is 12.0. The molecule has 4 aliphatic rings. The first-order chi connectivity index (χ1) is 11.6. The van der Waals surface area contributed by atoms with Gasteiger partial charge in [-0.2, -0.15) is 0 Å². The van der Waals surface area contributed by atoms with Gasteiger partial charge in [0.2, 0.25) is 12.3 Å².